The van der Waals surface area contributed by atoms with Gasteiger partial charge in [-0.1, -0.05) is 13.0 Å². The van der Waals surface area contributed by atoms with Crippen molar-refractivity contribution in [2.75, 3.05) is 31.6 Å². The average Bonchev–Trinajstić information content (AvgIpc) is 3.22. The van der Waals surface area contributed by atoms with Crippen molar-refractivity contribution in [2.24, 2.45) is 0 Å². The molecule has 7 nitrogen and oxygen atoms in total. The molecule has 1 aliphatic rings. The van der Waals surface area contributed by atoms with Crippen LogP contribution < -0.4 is 4.90 Å². The number of β-amino-alcohol motifs (C(OH)–C–C–N with tert-alkyl or cyclic N) is 1. The van der Waals surface area contributed by atoms with Gasteiger partial charge in [0.15, 0.2) is 0 Å². The van der Waals surface area contributed by atoms with E-state index in [1.54, 1.807) is 28.9 Å². The molecule has 2 aromatic heterocycles. The van der Waals surface area contributed by atoms with Crippen molar-refractivity contribution in [1.29, 1.82) is 0 Å². The quantitative estimate of drug-likeness (QED) is 0.858. The van der Waals surface area contributed by atoms with Gasteiger partial charge in [-0.05, 0) is 31.0 Å². The van der Waals surface area contributed by atoms with Gasteiger partial charge < -0.3 is 14.9 Å². The van der Waals surface area contributed by atoms with E-state index in [0.717, 1.165) is 25.3 Å². The summed E-state index contributed by atoms with van der Waals surface area (Å²) in [7, 11) is 1.71. The molecule has 0 unspecified atom stereocenters. The molecule has 0 radical (unpaired) electrons. The average molecular weight is 343 g/mol. The summed E-state index contributed by atoms with van der Waals surface area (Å²) in [6.07, 6.45) is 5.13. The molecule has 0 spiro atoms. The molecule has 0 bridgehead atoms. The Bertz CT molecular complexity index is 717. The molecular formula is C18H25N5O2. The highest BCUT2D eigenvalue weighted by molar-refractivity contribution is 5.92. The van der Waals surface area contributed by atoms with E-state index in [2.05, 4.69) is 17.0 Å². The van der Waals surface area contributed by atoms with E-state index in [1.165, 1.54) is 0 Å². The lowest BCUT2D eigenvalue weighted by atomic mass is 10.0. The fourth-order valence-corrected chi connectivity index (χ4v) is 3.26. The van der Waals surface area contributed by atoms with Crippen molar-refractivity contribution in [3.63, 3.8) is 0 Å². The summed E-state index contributed by atoms with van der Waals surface area (Å²) in [6.45, 7) is 4.32. The van der Waals surface area contributed by atoms with E-state index >= 15 is 0 Å². The molecule has 134 valence electrons. The number of carbonyl (C=O) groups is 1. The molecular weight excluding hydrogens is 318 g/mol. The normalized spacial score (nSPS) is 20.0. The number of hydrogen-bond donors (Lipinski definition) is 1. The number of likely N-dealkylation sites (N-methyl/N-ethyl adjacent to an activating group) is 1. The van der Waals surface area contributed by atoms with Crippen LogP contribution >= 0.6 is 0 Å². The predicted octanol–water partition coefficient (Wildman–Crippen LogP) is 1.40. The molecule has 1 fully saturated rings. The second-order valence-corrected chi connectivity index (χ2v) is 6.71. The molecule has 2 aromatic rings. The van der Waals surface area contributed by atoms with Gasteiger partial charge >= 0.3 is 0 Å². The summed E-state index contributed by atoms with van der Waals surface area (Å²) in [5.41, 5.74) is -0.521. The third-order valence-corrected chi connectivity index (χ3v) is 4.50. The zero-order valence-electron chi connectivity index (χ0n) is 14.8. The Morgan fingerprint density at radius 3 is 2.96 bits per heavy atom. The fourth-order valence-electron chi connectivity index (χ4n) is 3.26. The van der Waals surface area contributed by atoms with Gasteiger partial charge in [-0.25, -0.2) is 4.98 Å². The molecule has 0 aromatic carbocycles. The van der Waals surface area contributed by atoms with Crippen LogP contribution in [0, 0.1) is 0 Å². The van der Waals surface area contributed by atoms with Gasteiger partial charge in [0.25, 0.3) is 5.91 Å². The van der Waals surface area contributed by atoms with Crippen molar-refractivity contribution in [2.45, 2.75) is 31.9 Å². The molecule has 1 N–H and O–H groups in total. The number of rotatable bonds is 6. The molecule has 1 amide bonds. The van der Waals surface area contributed by atoms with E-state index in [0.29, 0.717) is 18.7 Å². The minimum absolute atomic E-state index is 0.167. The third kappa shape index (κ3) is 3.99. The third-order valence-electron chi connectivity index (χ3n) is 4.50. The Labute approximate surface area is 147 Å². The van der Waals surface area contributed by atoms with E-state index in [4.69, 9.17) is 0 Å². The van der Waals surface area contributed by atoms with Crippen LogP contribution in [0.4, 0.5) is 5.82 Å². The summed E-state index contributed by atoms with van der Waals surface area (Å²) in [6, 6.07) is 7.46. The minimum atomic E-state index is -0.937. The molecule has 1 aliphatic heterocycles. The first kappa shape index (κ1) is 17.4. The number of aliphatic hydroxyl groups is 1. The van der Waals surface area contributed by atoms with Crippen LogP contribution in [0.25, 0.3) is 0 Å². The van der Waals surface area contributed by atoms with Gasteiger partial charge in [-0.2, -0.15) is 5.10 Å². The minimum Gasteiger partial charge on any atom is -0.386 e. The number of anilines is 1. The van der Waals surface area contributed by atoms with E-state index in [-0.39, 0.29) is 12.5 Å². The molecule has 3 heterocycles. The SMILES string of the molecule is CCCn1ccc(C(=O)N(C)C[C@]2(O)CCN(c3ccccn3)C2)n1. The topological polar surface area (TPSA) is 74.5 Å². The summed E-state index contributed by atoms with van der Waals surface area (Å²) < 4.78 is 1.77. The van der Waals surface area contributed by atoms with Gasteiger partial charge in [0.1, 0.15) is 17.1 Å². The van der Waals surface area contributed by atoms with Crippen LogP contribution in [0.5, 0.6) is 0 Å². The highest BCUT2D eigenvalue weighted by Crippen LogP contribution is 2.26. The number of hydrogen-bond acceptors (Lipinski definition) is 5. The Kier molecular flexibility index (Phi) is 5.03. The maximum atomic E-state index is 12.6. The Morgan fingerprint density at radius 1 is 1.40 bits per heavy atom. The van der Waals surface area contributed by atoms with Crippen molar-refractivity contribution < 1.29 is 9.90 Å². The van der Waals surface area contributed by atoms with Crippen molar-refractivity contribution in [3.05, 3.63) is 42.4 Å². The summed E-state index contributed by atoms with van der Waals surface area (Å²) in [5, 5.41) is 15.2. The Morgan fingerprint density at radius 2 is 2.24 bits per heavy atom. The number of carbonyl (C=O) groups excluding carboxylic acids is 1. The maximum absolute atomic E-state index is 12.6. The van der Waals surface area contributed by atoms with Crippen LogP contribution in [-0.2, 0) is 6.54 Å². The first-order valence-electron chi connectivity index (χ1n) is 8.68. The van der Waals surface area contributed by atoms with Crippen LogP contribution in [-0.4, -0.2) is 63.0 Å². The van der Waals surface area contributed by atoms with E-state index < -0.39 is 5.60 Å². The number of amides is 1. The molecule has 3 rings (SSSR count). The van der Waals surface area contributed by atoms with E-state index in [1.807, 2.05) is 29.3 Å². The van der Waals surface area contributed by atoms with Gasteiger partial charge in [-0.3, -0.25) is 9.48 Å². The van der Waals surface area contributed by atoms with Crippen LogP contribution in [0.1, 0.15) is 30.3 Å². The van der Waals surface area contributed by atoms with Crippen molar-refractivity contribution in [3.8, 4) is 0 Å². The van der Waals surface area contributed by atoms with Crippen LogP contribution in [0.2, 0.25) is 0 Å². The second kappa shape index (κ2) is 7.23. The molecule has 1 atom stereocenters. The Balaban J connectivity index is 1.61. The van der Waals surface area contributed by atoms with Crippen LogP contribution in [0.3, 0.4) is 0 Å². The van der Waals surface area contributed by atoms with E-state index in [9.17, 15) is 9.90 Å². The largest absolute Gasteiger partial charge is 0.386 e. The molecule has 0 aliphatic carbocycles. The summed E-state index contributed by atoms with van der Waals surface area (Å²) >= 11 is 0. The zero-order valence-corrected chi connectivity index (χ0v) is 14.8. The highest BCUT2D eigenvalue weighted by atomic mass is 16.3. The fraction of sp³-hybridized carbons (Fsp3) is 0.500. The smallest absolute Gasteiger partial charge is 0.274 e. The first-order chi connectivity index (χ1) is 12.0. The molecule has 25 heavy (non-hydrogen) atoms. The van der Waals surface area contributed by atoms with Gasteiger partial charge in [0, 0.05) is 39.1 Å². The standard InChI is InChI=1S/C18H25N5O2/c1-3-10-23-11-7-15(20-23)17(24)21(2)13-18(25)8-12-22(14-18)16-6-4-5-9-19-16/h4-7,9,11,25H,3,8,10,12-14H2,1-2H3/t18-/m1/s1. The second-order valence-electron chi connectivity index (χ2n) is 6.71. The number of pyridine rings is 1. The predicted molar refractivity (Wildman–Crippen MR) is 95.5 cm³/mol. The maximum Gasteiger partial charge on any atom is 0.274 e. The highest BCUT2D eigenvalue weighted by Gasteiger charge is 2.38. The van der Waals surface area contributed by atoms with Gasteiger partial charge in [0.2, 0.25) is 0 Å². The Hall–Kier alpha value is -2.41. The summed E-state index contributed by atoms with van der Waals surface area (Å²) in [4.78, 5) is 20.5. The number of nitrogens with zero attached hydrogens (tertiary/aromatic N) is 5. The lowest BCUT2D eigenvalue weighted by Gasteiger charge is -2.28. The van der Waals surface area contributed by atoms with Gasteiger partial charge in [-0.15, -0.1) is 0 Å². The lowest BCUT2D eigenvalue weighted by Crippen LogP contribution is -2.46. The molecule has 7 heteroatoms. The zero-order chi connectivity index (χ0) is 17.9. The summed E-state index contributed by atoms with van der Waals surface area (Å²) in [5.74, 6) is 0.685. The number of aryl methyl sites for hydroxylation is 1. The van der Waals surface area contributed by atoms with Crippen molar-refractivity contribution >= 4 is 11.7 Å². The first-order valence-corrected chi connectivity index (χ1v) is 8.68. The van der Waals surface area contributed by atoms with Crippen LogP contribution in [0.15, 0.2) is 36.7 Å². The monoisotopic (exact) mass is 343 g/mol. The lowest BCUT2D eigenvalue weighted by molar-refractivity contribution is 0.0261. The van der Waals surface area contributed by atoms with Crippen molar-refractivity contribution in [1.82, 2.24) is 19.7 Å². The van der Waals surface area contributed by atoms with Gasteiger partial charge in [0.05, 0.1) is 6.54 Å². The molecule has 0 saturated carbocycles. The molecule has 1 saturated heterocycles. The number of aromatic nitrogens is 3.